The Bertz CT molecular complexity index is 640. The van der Waals surface area contributed by atoms with E-state index in [0.29, 0.717) is 13.1 Å². The van der Waals surface area contributed by atoms with Crippen LogP contribution >= 0.6 is 15.9 Å². The Hall–Kier alpha value is -1.34. The van der Waals surface area contributed by atoms with Crippen LogP contribution in [0.5, 0.6) is 0 Å². The Balaban J connectivity index is 2.30. The maximum atomic E-state index is 11.5. The molecule has 0 unspecified atom stereocenters. The maximum absolute atomic E-state index is 11.5. The standard InChI is InChI=1S/C13H14BrNO4S/c14-11-3-1-10(2-4-13(16)17)12(9-11)15-5-7-20(18,19)8-6-15/h1-4,9H,5-8H2,(H,16,17)/b4-2+. The summed E-state index contributed by atoms with van der Waals surface area (Å²) < 4.78 is 23.8. The third kappa shape index (κ3) is 3.83. The van der Waals surface area contributed by atoms with Crippen molar-refractivity contribution in [2.45, 2.75) is 0 Å². The van der Waals surface area contributed by atoms with Gasteiger partial charge < -0.3 is 10.0 Å². The summed E-state index contributed by atoms with van der Waals surface area (Å²) in [4.78, 5) is 12.6. The van der Waals surface area contributed by atoms with Crippen LogP contribution in [0.15, 0.2) is 28.7 Å². The molecule has 1 N–H and O–H groups in total. The van der Waals surface area contributed by atoms with Gasteiger partial charge in [-0.05, 0) is 23.8 Å². The number of anilines is 1. The van der Waals surface area contributed by atoms with Crippen molar-refractivity contribution in [1.29, 1.82) is 0 Å². The molecule has 1 saturated heterocycles. The molecule has 0 spiro atoms. The molecule has 2 rings (SSSR count). The molecule has 7 heteroatoms. The fraction of sp³-hybridized carbons (Fsp3) is 0.308. The van der Waals surface area contributed by atoms with E-state index in [4.69, 9.17) is 5.11 Å². The van der Waals surface area contributed by atoms with Gasteiger partial charge in [-0.15, -0.1) is 0 Å². The van der Waals surface area contributed by atoms with E-state index in [-0.39, 0.29) is 11.5 Å². The van der Waals surface area contributed by atoms with Crippen LogP contribution in [0.4, 0.5) is 5.69 Å². The van der Waals surface area contributed by atoms with Gasteiger partial charge in [0.1, 0.15) is 0 Å². The molecule has 0 aromatic heterocycles. The molecular formula is C13H14BrNO4S. The zero-order chi connectivity index (χ0) is 14.8. The van der Waals surface area contributed by atoms with Crippen molar-refractivity contribution in [1.82, 2.24) is 0 Å². The van der Waals surface area contributed by atoms with Crippen LogP contribution < -0.4 is 4.90 Å². The lowest BCUT2D eigenvalue weighted by atomic mass is 10.1. The molecular weight excluding hydrogens is 346 g/mol. The molecule has 0 aliphatic carbocycles. The molecule has 5 nitrogen and oxygen atoms in total. The Morgan fingerprint density at radius 3 is 2.55 bits per heavy atom. The Morgan fingerprint density at radius 2 is 1.95 bits per heavy atom. The van der Waals surface area contributed by atoms with E-state index in [1.807, 2.05) is 23.1 Å². The average Bonchev–Trinajstić information content (AvgIpc) is 2.37. The van der Waals surface area contributed by atoms with Crippen molar-refractivity contribution in [3.63, 3.8) is 0 Å². The lowest BCUT2D eigenvalue weighted by molar-refractivity contribution is -0.131. The van der Waals surface area contributed by atoms with E-state index in [1.165, 1.54) is 6.08 Å². The third-order valence-corrected chi connectivity index (χ3v) is 5.19. The fourth-order valence-electron chi connectivity index (χ4n) is 2.05. The molecule has 1 aromatic carbocycles. The van der Waals surface area contributed by atoms with E-state index in [2.05, 4.69) is 15.9 Å². The van der Waals surface area contributed by atoms with Crippen LogP contribution in [0.3, 0.4) is 0 Å². The number of carbonyl (C=O) groups is 1. The van der Waals surface area contributed by atoms with E-state index in [0.717, 1.165) is 21.8 Å². The van der Waals surface area contributed by atoms with E-state index < -0.39 is 15.8 Å². The fourth-order valence-corrected chi connectivity index (χ4v) is 3.60. The number of carboxylic acid groups (broad SMARTS) is 1. The summed E-state index contributed by atoms with van der Waals surface area (Å²) in [7, 11) is -2.94. The van der Waals surface area contributed by atoms with Crippen LogP contribution in [0.1, 0.15) is 5.56 Å². The quantitative estimate of drug-likeness (QED) is 0.832. The van der Waals surface area contributed by atoms with Crippen molar-refractivity contribution in [3.05, 3.63) is 34.3 Å². The predicted octanol–water partition coefficient (Wildman–Crippen LogP) is 1.78. The first kappa shape index (κ1) is 15.1. The zero-order valence-electron chi connectivity index (χ0n) is 10.6. The predicted molar refractivity (Wildman–Crippen MR) is 81.7 cm³/mol. The number of carboxylic acids is 1. The molecule has 20 heavy (non-hydrogen) atoms. The summed E-state index contributed by atoms with van der Waals surface area (Å²) in [6.07, 6.45) is 2.60. The minimum absolute atomic E-state index is 0.127. The van der Waals surface area contributed by atoms with Crippen molar-refractivity contribution in [2.75, 3.05) is 29.5 Å². The van der Waals surface area contributed by atoms with Crippen LogP contribution in [-0.2, 0) is 14.6 Å². The van der Waals surface area contributed by atoms with E-state index in [9.17, 15) is 13.2 Å². The summed E-state index contributed by atoms with van der Waals surface area (Å²) in [5.41, 5.74) is 1.60. The first-order chi connectivity index (χ1) is 9.37. The van der Waals surface area contributed by atoms with Crippen LogP contribution in [0, 0.1) is 0 Å². The minimum Gasteiger partial charge on any atom is -0.478 e. The summed E-state index contributed by atoms with van der Waals surface area (Å²) in [5, 5.41) is 8.71. The molecule has 1 fully saturated rings. The van der Waals surface area contributed by atoms with Gasteiger partial charge in [0.15, 0.2) is 9.84 Å². The van der Waals surface area contributed by atoms with Crippen molar-refractivity contribution >= 4 is 43.5 Å². The summed E-state index contributed by atoms with van der Waals surface area (Å²) >= 11 is 3.38. The number of hydrogen-bond acceptors (Lipinski definition) is 4. The van der Waals surface area contributed by atoms with Crippen LogP contribution in [0.25, 0.3) is 6.08 Å². The van der Waals surface area contributed by atoms with Gasteiger partial charge in [-0.2, -0.15) is 0 Å². The average molecular weight is 360 g/mol. The maximum Gasteiger partial charge on any atom is 0.328 e. The molecule has 0 saturated carbocycles. The number of nitrogens with zero attached hydrogens (tertiary/aromatic N) is 1. The molecule has 0 amide bonds. The molecule has 108 valence electrons. The highest BCUT2D eigenvalue weighted by molar-refractivity contribution is 9.10. The summed E-state index contributed by atoms with van der Waals surface area (Å²) in [5.74, 6) is -0.761. The van der Waals surface area contributed by atoms with Gasteiger partial charge >= 0.3 is 5.97 Å². The highest BCUT2D eigenvalue weighted by Crippen LogP contribution is 2.27. The molecule has 1 heterocycles. The highest BCUT2D eigenvalue weighted by Gasteiger charge is 2.23. The lowest BCUT2D eigenvalue weighted by Gasteiger charge is -2.30. The molecule has 1 aliphatic rings. The van der Waals surface area contributed by atoms with Gasteiger partial charge in [0.2, 0.25) is 0 Å². The monoisotopic (exact) mass is 359 g/mol. The smallest absolute Gasteiger partial charge is 0.328 e. The number of sulfone groups is 1. The Labute approximate surface area is 125 Å². The first-order valence-electron chi connectivity index (χ1n) is 6.03. The normalized spacial score (nSPS) is 18.4. The van der Waals surface area contributed by atoms with Gasteiger partial charge in [0.25, 0.3) is 0 Å². The summed E-state index contributed by atoms with van der Waals surface area (Å²) in [6.45, 7) is 0.847. The minimum atomic E-state index is -2.94. The molecule has 0 atom stereocenters. The molecule has 0 radical (unpaired) electrons. The van der Waals surface area contributed by atoms with Crippen LogP contribution in [0.2, 0.25) is 0 Å². The zero-order valence-corrected chi connectivity index (χ0v) is 13.0. The van der Waals surface area contributed by atoms with Gasteiger partial charge in [-0.3, -0.25) is 0 Å². The second-order valence-corrected chi connectivity index (χ2v) is 7.73. The second-order valence-electron chi connectivity index (χ2n) is 4.51. The number of halogens is 1. The largest absolute Gasteiger partial charge is 0.478 e. The Morgan fingerprint density at radius 1 is 1.30 bits per heavy atom. The molecule has 1 aliphatic heterocycles. The molecule has 1 aromatic rings. The third-order valence-electron chi connectivity index (χ3n) is 3.08. The van der Waals surface area contributed by atoms with Crippen molar-refractivity contribution in [3.8, 4) is 0 Å². The number of hydrogen-bond donors (Lipinski definition) is 1. The topological polar surface area (TPSA) is 74.7 Å². The highest BCUT2D eigenvalue weighted by atomic mass is 79.9. The first-order valence-corrected chi connectivity index (χ1v) is 8.65. The summed E-state index contributed by atoms with van der Waals surface area (Å²) in [6, 6.07) is 5.51. The Kier molecular flexibility index (Phi) is 4.49. The lowest BCUT2D eigenvalue weighted by Crippen LogP contribution is -2.40. The van der Waals surface area contributed by atoms with Crippen LogP contribution in [-0.4, -0.2) is 44.1 Å². The second kappa shape index (κ2) is 5.97. The van der Waals surface area contributed by atoms with E-state index >= 15 is 0 Å². The number of aliphatic carboxylic acids is 1. The number of rotatable bonds is 3. The SMILES string of the molecule is O=C(O)/C=C/c1ccc(Br)cc1N1CCS(=O)(=O)CC1. The van der Waals surface area contributed by atoms with Crippen molar-refractivity contribution < 1.29 is 18.3 Å². The van der Waals surface area contributed by atoms with Gasteiger partial charge in [-0.25, -0.2) is 13.2 Å². The van der Waals surface area contributed by atoms with Gasteiger partial charge in [0, 0.05) is 29.3 Å². The van der Waals surface area contributed by atoms with Gasteiger partial charge in [0.05, 0.1) is 11.5 Å². The van der Waals surface area contributed by atoms with Crippen molar-refractivity contribution in [2.24, 2.45) is 0 Å². The van der Waals surface area contributed by atoms with E-state index in [1.54, 1.807) is 0 Å². The number of benzene rings is 1. The van der Waals surface area contributed by atoms with Gasteiger partial charge in [-0.1, -0.05) is 22.0 Å². The molecule has 0 bridgehead atoms.